The van der Waals surface area contributed by atoms with Gasteiger partial charge in [0.1, 0.15) is 5.82 Å². The Morgan fingerprint density at radius 2 is 1.74 bits per heavy atom. The molecule has 0 aliphatic heterocycles. The Morgan fingerprint density at radius 1 is 1.11 bits per heavy atom. The van der Waals surface area contributed by atoms with E-state index in [2.05, 4.69) is 79.4 Å². The molecule has 0 spiro atoms. The molecule has 1 heterocycles. The fourth-order valence-electron chi connectivity index (χ4n) is 3.87. The van der Waals surface area contributed by atoms with Crippen LogP contribution in [0.15, 0.2) is 68.4 Å². The molecular weight excluding hydrogens is 435 g/mol. The topological polar surface area (TPSA) is 46.2 Å². The van der Waals surface area contributed by atoms with Crippen LogP contribution in [0, 0.1) is 12.7 Å². The lowest BCUT2D eigenvalue weighted by atomic mass is 9.99. The molecule has 3 rings (SSSR count). The van der Waals surface area contributed by atoms with Crippen LogP contribution in [0.3, 0.4) is 0 Å². The number of hydrogen-bond acceptors (Lipinski definition) is 3. The number of hydrogen-bond donors (Lipinski definition) is 2. The molecule has 0 fully saturated rings. The summed E-state index contributed by atoms with van der Waals surface area (Å²) in [5.74, 6) is -0.160. The fraction of sp³-hybridized carbons (Fsp3) is 0.333. The van der Waals surface area contributed by atoms with Crippen LogP contribution in [0.4, 0.5) is 4.39 Å². The van der Waals surface area contributed by atoms with E-state index in [-0.39, 0.29) is 5.82 Å². The summed E-state index contributed by atoms with van der Waals surface area (Å²) >= 11 is 0. The molecule has 0 unspecified atom stereocenters. The number of nitrogens with zero attached hydrogens (tertiary/aromatic N) is 2. The molecular formula is C30H43FN4. The first-order valence-corrected chi connectivity index (χ1v) is 12.1. The van der Waals surface area contributed by atoms with Crippen LogP contribution in [0.5, 0.6) is 0 Å². The van der Waals surface area contributed by atoms with Crippen molar-refractivity contribution in [1.29, 1.82) is 0 Å². The van der Waals surface area contributed by atoms with Crippen molar-refractivity contribution in [3.63, 3.8) is 0 Å². The highest BCUT2D eigenvalue weighted by Gasteiger charge is 2.12. The van der Waals surface area contributed by atoms with Gasteiger partial charge in [0, 0.05) is 54.6 Å². The summed E-state index contributed by atoms with van der Waals surface area (Å²) in [6.45, 7) is 21.4. The minimum Gasteiger partial charge on any atom is -0.388 e. The van der Waals surface area contributed by atoms with Gasteiger partial charge < -0.3 is 15.6 Å². The van der Waals surface area contributed by atoms with Crippen LogP contribution in [-0.2, 0) is 13.6 Å². The molecule has 35 heavy (non-hydrogen) atoms. The molecule has 0 amide bonds. The number of rotatable bonds is 9. The summed E-state index contributed by atoms with van der Waals surface area (Å²) in [4.78, 5) is 2.35. The number of fused-ring (bicyclic) bond motifs is 1. The van der Waals surface area contributed by atoms with Crippen molar-refractivity contribution in [1.82, 2.24) is 14.8 Å². The highest BCUT2D eigenvalue weighted by molar-refractivity contribution is 5.97. The number of halogens is 1. The zero-order valence-electron chi connectivity index (χ0n) is 22.4. The lowest BCUT2D eigenvalue weighted by Gasteiger charge is -2.19. The van der Waals surface area contributed by atoms with Crippen LogP contribution >= 0.6 is 0 Å². The van der Waals surface area contributed by atoms with Gasteiger partial charge in [-0.1, -0.05) is 51.8 Å². The van der Waals surface area contributed by atoms with E-state index >= 15 is 0 Å². The summed E-state index contributed by atoms with van der Waals surface area (Å²) < 4.78 is 14.8. The van der Waals surface area contributed by atoms with Gasteiger partial charge in [0.25, 0.3) is 0 Å². The molecule has 1 aromatic heterocycles. The Hall–Kier alpha value is -3.15. The normalized spacial score (nSPS) is 10.2. The summed E-state index contributed by atoms with van der Waals surface area (Å²) in [5.41, 5.74) is 12.2. The molecule has 5 heteroatoms. The molecule has 0 saturated heterocycles. The zero-order chi connectivity index (χ0) is 26.5. The van der Waals surface area contributed by atoms with Gasteiger partial charge >= 0.3 is 0 Å². The predicted octanol–water partition coefficient (Wildman–Crippen LogP) is 6.51. The molecule has 190 valence electrons. The lowest BCUT2D eigenvalue weighted by Crippen LogP contribution is -2.23. The maximum atomic E-state index is 12.6. The number of nitrogens with one attached hydrogen (secondary N) is 1. The van der Waals surface area contributed by atoms with Crippen molar-refractivity contribution < 1.29 is 4.39 Å². The maximum Gasteiger partial charge on any atom is 0.123 e. The second-order valence-corrected chi connectivity index (χ2v) is 8.29. The monoisotopic (exact) mass is 478 g/mol. The van der Waals surface area contributed by atoms with Crippen molar-refractivity contribution in [3.05, 3.63) is 96.5 Å². The fourth-order valence-corrected chi connectivity index (χ4v) is 3.87. The smallest absolute Gasteiger partial charge is 0.123 e. The number of allylic oxidation sites excluding steroid dienone is 2. The molecule has 0 atom stereocenters. The van der Waals surface area contributed by atoms with Gasteiger partial charge in [-0.05, 0) is 74.4 Å². The molecule has 3 aromatic rings. The molecule has 0 aliphatic carbocycles. The SMILES string of the molecule is C=CC(=C)c1cn(C)c2cc(C)c(C(=C)NC)cc12.CCCN(CC)Cc1ccc(F)cc1.CN. The Bertz CT molecular complexity index is 1110. The van der Waals surface area contributed by atoms with E-state index in [0.29, 0.717) is 0 Å². The van der Waals surface area contributed by atoms with Crippen molar-refractivity contribution in [3.8, 4) is 0 Å². The number of aryl methyl sites for hydroxylation is 2. The highest BCUT2D eigenvalue weighted by Crippen LogP contribution is 2.30. The third-order valence-corrected chi connectivity index (χ3v) is 5.86. The van der Waals surface area contributed by atoms with Crippen molar-refractivity contribution >= 4 is 22.2 Å². The van der Waals surface area contributed by atoms with Crippen LogP contribution in [0.25, 0.3) is 22.2 Å². The van der Waals surface area contributed by atoms with Crippen molar-refractivity contribution in [2.24, 2.45) is 12.8 Å². The van der Waals surface area contributed by atoms with E-state index in [1.54, 1.807) is 6.08 Å². The third-order valence-electron chi connectivity index (χ3n) is 5.86. The molecule has 2 aromatic carbocycles. The van der Waals surface area contributed by atoms with Crippen LogP contribution in [0.2, 0.25) is 0 Å². The summed E-state index contributed by atoms with van der Waals surface area (Å²) in [7, 11) is 5.44. The van der Waals surface area contributed by atoms with E-state index in [0.717, 1.165) is 48.5 Å². The Labute approximate surface area is 211 Å². The Balaban J connectivity index is 0.000000341. The summed E-state index contributed by atoms with van der Waals surface area (Å²) in [6.07, 6.45) is 5.05. The van der Waals surface area contributed by atoms with Crippen molar-refractivity contribution in [2.75, 3.05) is 27.2 Å². The average Bonchev–Trinajstić information content (AvgIpc) is 3.20. The molecule has 0 saturated carbocycles. The van der Waals surface area contributed by atoms with E-state index in [1.165, 1.54) is 41.2 Å². The van der Waals surface area contributed by atoms with Gasteiger partial charge in [0.2, 0.25) is 0 Å². The zero-order valence-corrected chi connectivity index (χ0v) is 22.4. The summed E-state index contributed by atoms with van der Waals surface area (Å²) in [5, 5.41) is 4.30. The summed E-state index contributed by atoms with van der Waals surface area (Å²) in [6, 6.07) is 11.1. The quantitative estimate of drug-likeness (QED) is 0.345. The largest absolute Gasteiger partial charge is 0.388 e. The molecule has 0 bridgehead atoms. The standard InChI is InChI=1S/C17H20N2.C12H18FN.CH5N/c1-7-11(2)16-10-19(6)17-8-12(3)14(9-15(16)17)13(4)18-5;1-3-9-14(4-2)10-11-5-7-12(13)8-6-11;1-2/h7-10,18H,1-2,4H2,3,5-6H3;5-8H,3-4,9-10H2,1-2H3;2H2,1H3. The van der Waals surface area contributed by atoms with Gasteiger partial charge in [-0.15, -0.1) is 0 Å². The number of aromatic nitrogens is 1. The molecule has 0 aliphatic rings. The minimum absolute atomic E-state index is 0.160. The molecule has 3 N–H and O–H groups in total. The minimum atomic E-state index is -0.160. The van der Waals surface area contributed by atoms with Crippen LogP contribution in [-0.4, -0.2) is 36.7 Å². The van der Waals surface area contributed by atoms with E-state index < -0.39 is 0 Å². The molecule has 4 nitrogen and oxygen atoms in total. The van der Waals surface area contributed by atoms with Gasteiger partial charge in [-0.3, -0.25) is 4.90 Å². The van der Waals surface area contributed by atoms with Crippen LogP contribution < -0.4 is 11.1 Å². The second kappa shape index (κ2) is 15.0. The Morgan fingerprint density at radius 3 is 2.26 bits per heavy atom. The first-order valence-electron chi connectivity index (χ1n) is 12.1. The number of nitrogens with two attached hydrogens (primary N) is 1. The van der Waals surface area contributed by atoms with Gasteiger partial charge in [-0.25, -0.2) is 4.39 Å². The van der Waals surface area contributed by atoms with E-state index in [1.807, 2.05) is 26.2 Å². The first kappa shape index (κ1) is 29.9. The van der Waals surface area contributed by atoms with E-state index in [4.69, 9.17) is 0 Å². The lowest BCUT2D eigenvalue weighted by molar-refractivity contribution is 0.280. The maximum absolute atomic E-state index is 12.6. The average molecular weight is 479 g/mol. The third kappa shape index (κ3) is 8.23. The highest BCUT2D eigenvalue weighted by atomic mass is 19.1. The van der Waals surface area contributed by atoms with E-state index in [9.17, 15) is 4.39 Å². The Kier molecular flexibility index (Phi) is 12.8. The number of benzene rings is 2. The van der Waals surface area contributed by atoms with Gasteiger partial charge in [0.05, 0.1) is 0 Å². The van der Waals surface area contributed by atoms with Crippen LogP contribution in [0.1, 0.15) is 42.5 Å². The second-order valence-electron chi connectivity index (χ2n) is 8.29. The predicted molar refractivity (Wildman–Crippen MR) is 153 cm³/mol. The molecule has 0 radical (unpaired) electrons. The van der Waals surface area contributed by atoms with Crippen molar-refractivity contribution in [2.45, 2.75) is 33.7 Å². The van der Waals surface area contributed by atoms with Gasteiger partial charge in [-0.2, -0.15) is 0 Å². The van der Waals surface area contributed by atoms with Gasteiger partial charge in [0.15, 0.2) is 0 Å². The first-order chi connectivity index (χ1) is 16.7.